The summed E-state index contributed by atoms with van der Waals surface area (Å²) in [4.78, 5) is 23.7. The SMILES string of the molecule is Cc1c(Cl)cccc1NC(=O)C(=O)N/N=C\c1ccc2c(c1)OCO2. The van der Waals surface area contributed by atoms with Crippen LogP contribution in [0.25, 0.3) is 0 Å². The minimum Gasteiger partial charge on any atom is -0.454 e. The summed E-state index contributed by atoms with van der Waals surface area (Å²) in [5, 5.41) is 6.75. The molecule has 0 saturated carbocycles. The van der Waals surface area contributed by atoms with Gasteiger partial charge in [-0.25, -0.2) is 5.43 Å². The molecule has 3 rings (SSSR count). The van der Waals surface area contributed by atoms with Gasteiger partial charge in [0.2, 0.25) is 6.79 Å². The number of halogens is 1. The van der Waals surface area contributed by atoms with E-state index in [4.69, 9.17) is 21.1 Å². The number of anilines is 1. The van der Waals surface area contributed by atoms with Crippen molar-refractivity contribution in [3.05, 3.63) is 52.5 Å². The maximum atomic E-state index is 11.9. The Balaban J connectivity index is 1.58. The van der Waals surface area contributed by atoms with E-state index in [-0.39, 0.29) is 6.79 Å². The van der Waals surface area contributed by atoms with Crippen molar-refractivity contribution in [2.45, 2.75) is 6.92 Å². The third-order valence-corrected chi connectivity index (χ3v) is 3.91. The molecular formula is C17H14ClN3O4. The number of hydrogen-bond donors (Lipinski definition) is 2. The Labute approximate surface area is 148 Å². The van der Waals surface area contributed by atoms with Gasteiger partial charge >= 0.3 is 11.8 Å². The summed E-state index contributed by atoms with van der Waals surface area (Å²) in [6.45, 7) is 1.92. The van der Waals surface area contributed by atoms with Crippen LogP contribution in [0, 0.1) is 6.92 Å². The average molecular weight is 360 g/mol. The fraction of sp³-hybridized carbons (Fsp3) is 0.118. The van der Waals surface area contributed by atoms with Crippen LogP contribution in [-0.2, 0) is 9.59 Å². The fourth-order valence-corrected chi connectivity index (χ4v) is 2.31. The highest BCUT2D eigenvalue weighted by atomic mass is 35.5. The number of rotatable bonds is 3. The fourth-order valence-electron chi connectivity index (χ4n) is 2.13. The topological polar surface area (TPSA) is 89.0 Å². The molecule has 0 atom stereocenters. The quantitative estimate of drug-likeness (QED) is 0.500. The first-order chi connectivity index (χ1) is 12.0. The van der Waals surface area contributed by atoms with Crippen LogP contribution in [0.5, 0.6) is 11.5 Å². The van der Waals surface area contributed by atoms with Crippen LogP contribution >= 0.6 is 11.6 Å². The lowest BCUT2D eigenvalue weighted by Crippen LogP contribution is -2.32. The van der Waals surface area contributed by atoms with Gasteiger partial charge in [-0.1, -0.05) is 17.7 Å². The molecule has 0 saturated heterocycles. The van der Waals surface area contributed by atoms with E-state index in [1.807, 2.05) is 0 Å². The average Bonchev–Trinajstić information content (AvgIpc) is 3.06. The van der Waals surface area contributed by atoms with Gasteiger partial charge in [0.05, 0.1) is 6.21 Å². The Morgan fingerprint density at radius 2 is 1.96 bits per heavy atom. The molecule has 2 aromatic carbocycles. The molecule has 0 unspecified atom stereocenters. The van der Waals surface area contributed by atoms with Gasteiger partial charge in [-0.3, -0.25) is 9.59 Å². The van der Waals surface area contributed by atoms with Gasteiger partial charge in [-0.2, -0.15) is 5.10 Å². The lowest BCUT2D eigenvalue weighted by molar-refractivity contribution is -0.136. The summed E-state index contributed by atoms with van der Waals surface area (Å²) in [5.74, 6) is -0.480. The van der Waals surface area contributed by atoms with E-state index < -0.39 is 11.8 Å². The lowest BCUT2D eigenvalue weighted by Gasteiger charge is -2.08. The number of nitrogens with zero attached hydrogens (tertiary/aromatic N) is 1. The van der Waals surface area contributed by atoms with Crippen LogP contribution in [0.4, 0.5) is 5.69 Å². The number of carbonyl (C=O) groups is 2. The van der Waals surface area contributed by atoms with Crippen LogP contribution in [0.15, 0.2) is 41.5 Å². The number of amides is 2. The molecule has 1 heterocycles. The van der Waals surface area contributed by atoms with Crippen LogP contribution in [-0.4, -0.2) is 24.8 Å². The highest BCUT2D eigenvalue weighted by Crippen LogP contribution is 2.31. The predicted molar refractivity (Wildman–Crippen MR) is 93.1 cm³/mol. The molecule has 0 aromatic heterocycles. The summed E-state index contributed by atoms with van der Waals surface area (Å²) in [6, 6.07) is 10.2. The summed E-state index contributed by atoms with van der Waals surface area (Å²) < 4.78 is 10.4. The molecule has 1 aliphatic rings. The zero-order valence-corrected chi connectivity index (χ0v) is 14.0. The molecule has 7 nitrogen and oxygen atoms in total. The molecule has 1 aliphatic heterocycles. The maximum Gasteiger partial charge on any atom is 0.329 e. The Morgan fingerprint density at radius 1 is 1.16 bits per heavy atom. The third kappa shape index (κ3) is 3.89. The van der Waals surface area contributed by atoms with Gasteiger partial charge in [0.1, 0.15) is 0 Å². The van der Waals surface area contributed by atoms with Gasteiger partial charge in [0, 0.05) is 10.7 Å². The molecule has 0 bridgehead atoms. The smallest absolute Gasteiger partial charge is 0.329 e. The Morgan fingerprint density at radius 3 is 2.80 bits per heavy atom. The zero-order chi connectivity index (χ0) is 17.8. The summed E-state index contributed by atoms with van der Waals surface area (Å²) in [5.41, 5.74) is 4.00. The molecular weight excluding hydrogens is 346 g/mol. The highest BCUT2D eigenvalue weighted by molar-refractivity contribution is 6.40. The first-order valence-electron chi connectivity index (χ1n) is 7.34. The van der Waals surface area contributed by atoms with Gasteiger partial charge in [0.25, 0.3) is 0 Å². The first kappa shape index (κ1) is 16.8. The van der Waals surface area contributed by atoms with E-state index >= 15 is 0 Å². The Hall–Kier alpha value is -3.06. The molecule has 2 amide bonds. The van der Waals surface area contributed by atoms with Gasteiger partial charge in [-0.15, -0.1) is 0 Å². The molecule has 0 fully saturated rings. The van der Waals surface area contributed by atoms with Gasteiger partial charge in [-0.05, 0) is 48.4 Å². The van der Waals surface area contributed by atoms with Gasteiger partial charge in [0.15, 0.2) is 11.5 Å². The number of hydrazone groups is 1. The van der Waals surface area contributed by atoms with Crippen molar-refractivity contribution in [2.24, 2.45) is 5.10 Å². The molecule has 0 spiro atoms. The van der Waals surface area contributed by atoms with Crippen molar-refractivity contribution in [1.82, 2.24) is 5.43 Å². The molecule has 128 valence electrons. The molecule has 0 radical (unpaired) electrons. The van der Waals surface area contributed by atoms with Crippen LogP contribution < -0.4 is 20.2 Å². The number of benzene rings is 2. The van der Waals surface area contributed by atoms with E-state index in [0.29, 0.717) is 33.3 Å². The second-order valence-electron chi connectivity index (χ2n) is 5.18. The number of nitrogens with one attached hydrogen (secondary N) is 2. The minimum atomic E-state index is -0.892. The predicted octanol–water partition coefficient (Wildman–Crippen LogP) is 2.47. The second kappa shape index (κ2) is 7.23. The monoisotopic (exact) mass is 359 g/mol. The second-order valence-corrected chi connectivity index (χ2v) is 5.59. The summed E-state index contributed by atoms with van der Waals surface area (Å²) in [6.07, 6.45) is 1.40. The van der Waals surface area contributed by atoms with Crippen molar-refractivity contribution >= 4 is 35.3 Å². The lowest BCUT2D eigenvalue weighted by atomic mass is 10.2. The van der Waals surface area contributed by atoms with E-state index in [0.717, 1.165) is 0 Å². The largest absolute Gasteiger partial charge is 0.454 e. The van der Waals surface area contributed by atoms with Crippen molar-refractivity contribution in [3.8, 4) is 11.5 Å². The Bertz CT molecular complexity index is 867. The van der Waals surface area contributed by atoms with Crippen LogP contribution in [0.3, 0.4) is 0 Å². The summed E-state index contributed by atoms with van der Waals surface area (Å²) in [7, 11) is 0. The molecule has 8 heteroatoms. The Kier molecular flexibility index (Phi) is 4.85. The maximum absolute atomic E-state index is 11.9. The number of carbonyl (C=O) groups excluding carboxylic acids is 2. The van der Waals surface area contributed by atoms with Crippen molar-refractivity contribution < 1.29 is 19.1 Å². The highest BCUT2D eigenvalue weighted by Gasteiger charge is 2.15. The van der Waals surface area contributed by atoms with Crippen molar-refractivity contribution in [2.75, 3.05) is 12.1 Å². The number of fused-ring (bicyclic) bond motifs is 1. The number of ether oxygens (including phenoxy) is 2. The molecule has 25 heavy (non-hydrogen) atoms. The van der Waals surface area contributed by atoms with Crippen molar-refractivity contribution in [3.63, 3.8) is 0 Å². The minimum absolute atomic E-state index is 0.176. The van der Waals surface area contributed by atoms with Crippen molar-refractivity contribution in [1.29, 1.82) is 0 Å². The van der Waals surface area contributed by atoms with Gasteiger partial charge < -0.3 is 14.8 Å². The van der Waals surface area contributed by atoms with Crippen LogP contribution in [0.2, 0.25) is 5.02 Å². The van der Waals surface area contributed by atoms with E-state index in [1.54, 1.807) is 43.3 Å². The number of hydrogen-bond acceptors (Lipinski definition) is 5. The molecule has 0 aliphatic carbocycles. The first-order valence-corrected chi connectivity index (χ1v) is 7.71. The zero-order valence-electron chi connectivity index (χ0n) is 13.2. The molecule has 2 aromatic rings. The van der Waals surface area contributed by atoms with Crippen LogP contribution in [0.1, 0.15) is 11.1 Å². The van der Waals surface area contributed by atoms with E-state index in [2.05, 4.69) is 15.8 Å². The summed E-state index contributed by atoms with van der Waals surface area (Å²) >= 11 is 5.97. The normalized spacial score (nSPS) is 12.2. The molecule has 2 N–H and O–H groups in total. The third-order valence-electron chi connectivity index (χ3n) is 3.50. The van der Waals surface area contributed by atoms with E-state index in [9.17, 15) is 9.59 Å². The van der Waals surface area contributed by atoms with E-state index in [1.165, 1.54) is 6.21 Å². The standard InChI is InChI=1S/C17H14ClN3O4/c1-10-12(18)3-2-4-13(10)20-16(22)17(23)21-19-8-11-5-6-14-15(7-11)25-9-24-14/h2-8H,9H2,1H3,(H,20,22)(H,21,23)/b19-8-.